The van der Waals surface area contributed by atoms with E-state index in [0.717, 1.165) is 22.8 Å². The van der Waals surface area contributed by atoms with Gasteiger partial charge in [0, 0.05) is 63.7 Å². The fourth-order valence-corrected chi connectivity index (χ4v) is 4.99. The summed E-state index contributed by atoms with van der Waals surface area (Å²) in [5, 5.41) is 15.4. The summed E-state index contributed by atoms with van der Waals surface area (Å²) in [5.41, 5.74) is 3.75. The molecule has 11 nitrogen and oxygen atoms in total. The second kappa shape index (κ2) is 11.4. The quantitative estimate of drug-likeness (QED) is 0.448. The van der Waals surface area contributed by atoms with Crippen LogP contribution >= 0.6 is 0 Å². The van der Waals surface area contributed by atoms with Crippen LogP contribution in [0, 0.1) is 18.3 Å². The van der Waals surface area contributed by atoms with Crippen molar-refractivity contribution in [2.45, 2.75) is 32.4 Å². The number of rotatable bonds is 8. The number of carbonyl (C=O) groups excluding carboxylic acids is 1. The van der Waals surface area contributed by atoms with E-state index in [1.807, 2.05) is 23.1 Å². The van der Waals surface area contributed by atoms with Crippen molar-refractivity contribution in [2.75, 3.05) is 49.2 Å². The van der Waals surface area contributed by atoms with Crippen LogP contribution < -0.4 is 15.4 Å². The van der Waals surface area contributed by atoms with Crippen molar-refractivity contribution in [3.8, 4) is 6.07 Å². The van der Waals surface area contributed by atoms with E-state index in [-0.39, 0.29) is 17.5 Å². The number of nitriles is 1. The summed E-state index contributed by atoms with van der Waals surface area (Å²) in [5.74, 6) is 0.952. The van der Waals surface area contributed by atoms with Crippen LogP contribution in [0.25, 0.3) is 0 Å². The number of nitrogens with zero attached hydrogens (tertiary/aromatic N) is 7. The highest BCUT2D eigenvalue weighted by atomic mass is 16.5. The molecule has 1 atom stereocenters. The lowest BCUT2D eigenvalue weighted by atomic mass is 10.1. The molecule has 0 spiro atoms. The number of pyridine rings is 2. The third-order valence-electron chi connectivity index (χ3n) is 7.13. The molecule has 1 N–H and O–H groups in total. The molecule has 2 aliphatic heterocycles. The molecule has 38 heavy (non-hydrogen) atoms. The Morgan fingerprint density at radius 3 is 2.79 bits per heavy atom. The third-order valence-corrected chi connectivity index (χ3v) is 7.13. The van der Waals surface area contributed by atoms with Gasteiger partial charge in [0.1, 0.15) is 11.9 Å². The number of aromatic amines is 1. The largest absolute Gasteiger partial charge is 0.379 e. The summed E-state index contributed by atoms with van der Waals surface area (Å²) in [6.45, 7) is 5.99. The Balaban J connectivity index is 1.10. The molecular formula is C27H30N8O3. The average Bonchev–Trinajstić information content (AvgIpc) is 3.32. The van der Waals surface area contributed by atoms with Gasteiger partial charge in [0.15, 0.2) is 0 Å². The fourth-order valence-electron chi connectivity index (χ4n) is 4.99. The number of H-pyrrole nitrogens is 1. The molecule has 1 fully saturated rings. The Labute approximate surface area is 220 Å². The van der Waals surface area contributed by atoms with Crippen molar-refractivity contribution < 1.29 is 9.53 Å². The molecule has 5 heterocycles. The minimum absolute atomic E-state index is 0.126. The molecule has 1 amide bonds. The predicted molar refractivity (Wildman–Crippen MR) is 141 cm³/mol. The highest BCUT2D eigenvalue weighted by Gasteiger charge is 2.33. The lowest BCUT2D eigenvalue weighted by molar-refractivity contribution is -0.131. The maximum absolute atomic E-state index is 12.8. The second-order valence-electron chi connectivity index (χ2n) is 9.46. The SMILES string of the molecule is Cc1c(N2Cc3cccnc3C2COCCCC(=O)N2CCN(c3ccc(C#N)cn3)CC2)cn[nH]c1=O. The first kappa shape index (κ1) is 25.4. The van der Waals surface area contributed by atoms with Crippen LogP contribution in [-0.4, -0.2) is 70.4 Å². The van der Waals surface area contributed by atoms with Gasteiger partial charge in [-0.1, -0.05) is 6.07 Å². The van der Waals surface area contributed by atoms with Gasteiger partial charge in [0.05, 0.1) is 35.8 Å². The molecular weight excluding hydrogens is 484 g/mol. The highest BCUT2D eigenvalue weighted by molar-refractivity contribution is 5.76. The van der Waals surface area contributed by atoms with Crippen LogP contribution in [0.1, 0.15) is 41.3 Å². The number of carbonyl (C=O) groups is 1. The zero-order valence-electron chi connectivity index (χ0n) is 21.3. The zero-order valence-corrected chi connectivity index (χ0v) is 21.3. The van der Waals surface area contributed by atoms with E-state index in [4.69, 9.17) is 10.00 Å². The van der Waals surface area contributed by atoms with E-state index in [1.54, 1.807) is 31.6 Å². The number of amides is 1. The molecule has 3 aromatic heterocycles. The normalized spacial score (nSPS) is 16.8. The summed E-state index contributed by atoms with van der Waals surface area (Å²) < 4.78 is 6.03. The lowest BCUT2D eigenvalue weighted by Gasteiger charge is -2.35. The Morgan fingerprint density at radius 2 is 2.03 bits per heavy atom. The number of fused-ring (bicyclic) bond motifs is 1. The van der Waals surface area contributed by atoms with Gasteiger partial charge in [-0.15, -0.1) is 0 Å². The van der Waals surface area contributed by atoms with E-state index in [2.05, 4.69) is 36.0 Å². The van der Waals surface area contributed by atoms with Crippen LogP contribution in [0.3, 0.4) is 0 Å². The fraction of sp³-hybridized carbons (Fsp3) is 0.407. The van der Waals surface area contributed by atoms with Crippen molar-refractivity contribution in [1.29, 1.82) is 5.26 Å². The lowest BCUT2D eigenvalue weighted by Crippen LogP contribution is -2.49. The molecule has 0 aliphatic carbocycles. The summed E-state index contributed by atoms with van der Waals surface area (Å²) in [6, 6.07) is 9.51. The number of aromatic nitrogens is 4. The maximum Gasteiger partial charge on any atom is 0.269 e. The van der Waals surface area contributed by atoms with E-state index < -0.39 is 0 Å². The van der Waals surface area contributed by atoms with Crippen LogP contribution in [0.5, 0.6) is 0 Å². The molecule has 11 heteroatoms. The number of nitrogens with one attached hydrogen (secondary N) is 1. The van der Waals surface area contributed by atoms with Gasteiger partial charge < -0.3 is 19.4 Å². The number of hydrogen-bond donors (Lipinski definition) is 1. The van der Waals surface area contributed by atoms with Gasteiger partial charge in [-0.25, -0.2) is 10.1 Å². The van der Waals surface area contributed by atoms with Gasteiger partial charge in [0.2, 0.25) is 5.91 Å². The molecule has 2 aliphatic rings. The highest BCUT2D eigenvalue weighted by Crippen LogP contribution is 2.36. The molecule has 196 valence electrons. The van der Waals surface area contributed by atoms with Crippen molar-refractivity contribution in [2.24, 2.45) is 0 Å². The van der Waals surface area contributed by atoms with Gasteiger partial charge in [-0.2, -0.15) is 10.4 Å². The van der Waals surface area contributed by atoms with E-state index in [0.29, 0.717) is 69.9 Å². The summed E-state index contributed by atoms with van der Waals surface area (Å²) in [6.07, 6.45) is 6.07. The van der Waals surface area contributed by atoms with Crippen molar-refractivity contribution in [3.63, 3.8) is 0 Å². The zero-order chi connectivity index (χ0) is 26.5. The maximum atomic E-state index is 12.8. The summed E-state index contributed by atoms with van der Waals surface area (Å²) in [4.78, 5) is 40.0. The first-order chi connectivity index (χ1) is 18.5. The molecule has 1 saturated heterocycles. The molecule has 0 saturated carbocycles. The topological polar surface area (TPSA) is 131 Å². The number of piperazine rings is 1. The Morgan fingerprint density at radius 1 is 1.18 bits per heavy atom. The number of ether oxygens (including phenoxy) is 1. The van der Waals surface area contributed by atoms with Crippen LogP contribution in [0.15, 0.2) is 47.7 Å². The predicted octanol–water partition coefficient (Wildman–Crippen LogP) is 1.95. The first-order valence-electron chi connectivity index (χ1n) is 12.8. The molecule has 5 rings (SSSR count). The average molecular weight is 515 g/mol. The Hall–Kier alpha value is -4.30. The first-order valence-corrected chi connectivity index (χ1v) is 12.8. The minimum Gasteiger partial charge on any atom is -0.379 e. The summed E-state index contributed by atoms with van der Waals surface area (Å²) in [7, 11) is 0. The Kier molecular flexibility index (Phi) is 7.60. The number of anilines is 2. The molecule has 0 bridgehead atoms. The minimum atomic E-state index is -0.210. The molecule has 3 aromatic rings. The van der Waals surface area contributed by atoms with Gasteiger partial charge in [-0.3, -0.25) is 14.6 Å². The summed E-state index contributed by atoms with van der Waals surface area (Å²) >= 11 is 0. The van der Waals surface area contributed by atoms with Crippen molar-refractivity contribution in [1.82, 2.24) is 25.1 Å². The van der Waals surface area contributed by atoms with E-state index in [9.17, 15) is 9.59 Å². The molecule has 0 radical (unpaired) electrons. The van der Waals surface area contributed by atoms with Gasteiger partial charge in [0.25, 0.3) is 5.56 Å². The number of hydrogen-bond acceptors (Lipinski definition) is 9. The van der Waals surface area contributed by atoms with Crippen molar-refractivity contribution in [3.05, 3.63) is 75.6 Å². The smallest absolute Gasteiger partial charge is 0.269 e. The Bertz CT molecular complexity index is 1380. The van der Waals surface area contributed by atoms with Crippen LogP contribution in [0.4, 0.5) is 11.5 Å². The second-order valence-corrected chi connectivity index (χ2v) is 9.46. The third kappa shape index (κ3) is 5.35. The monoisotopic (exact) mass is 514 g/mol. The standard InChI is InChI=1S/C27H30N8O3/c1-19-22(16-31-32-27(19)37)35-17-21-4-2-8-29-26(21)23(35)18-38-13-3-5-25(36)34-11-9-33(10-12-34)24-7-6-20(14-28)15-30-24/h2,4,6-8,15-16,23H,3,5,9-13,17-18H2,1H3,(H,32,37). The van der Waals surface area contributed by atoms with E-state index in [1.165, 1.54) is 0 Å². The van der Waals surface area contributed by atoms with E-state index >= 15 is 0 Å². The van der Waals surface area contributed by atoms with Gasteiger partial charge in [-0.05, 0) is 37.1 Å². The molecule has 0 aromatic carbocycles. The van der Waals surface area contributed by atoms with Crippen LogP contribution in [-0.2, 0) is 16.1 Å². The molecule has 1 unspecified atom stereocenters. The van der Waals surface area contributed by atoms with Crippen LogP contribution in [0.2, 0.25) is 0 Å². The van der Waals surface area contributed by atoms with Crippen molar-refractivity contribution >= 4 is 17.4 Å². The van der Waals surface area contributed by atoms with Gasteiger partial charge >= 0.3 is 0 Å².